The molecule has 0 saturated carbocycles. The van der Waals surface area contributed by atoms with Crippen LogP contribution in [-0.2, 0) is 0 Å². The highest BCUT2D eigenvalue weighted by Gasteiger charge is 2.18. The Kier molecular flexibility index (Phi) is 6.17. The van der Waals surface area contributed by atoms with Crippen molar-refractivity contribution in [3.63, 3.8) is 0 Å². The van der Waals surface area contributed by atoms with Gasteiger partial charge in [0.25, 0.3) is 0 Å². The summed E-state index contributed by atoms with van der Waals surface area (Å²) in [6.07, 6.45) is 9.09. The molecule has 0 amide bonds. The summed E-state index contributed by atoms with van der Waals surface area (Å²) in [5.41, 5.74) is 10.6. The molecule has 0 saturated heterocycles. The third kappa shape index (κ3) is 4.05. The summed E-state index contributed by atoms with van der Waals surface area (Å²) >= 11 is 0. The molecular weight excluding hydrogens is 558 g/mol. The molecule has 0 aliphatic rings. The van der Waals surface area contributed by atoms with E-state index in [1.807, 2.05) is 0 Å². The maximum atomic E-state index is 2.43. The van der Waals surface area contributed by atoms with Crippen LogP contribution in [0.5, 0.6) is 0 Å². The van der Waals surface area contributed by atoms with Gasteiger partial charge in [0.05, 0.1) is 39.0 Å². The molecule has 0 fully saturated rings. The molecule has 9 rings (SSSR count). The summed E-state index contributed by atoms with van der Waals surface area (Å²) in [5, 5.41) is 6.30. The number of aromatic nitrogens is 3. The Morgan fingerprint density at radius 1 is 0.457 bits per heavy atom. The normalized spacial score (nSPS) is 12.1. The average molecular weight is 592 g/mol. The van der Waals surface area contributed by atoms with Gasteiger partial charge in [0.2, 0.25) is 0 Å². The number of fused-ring (bicyclic) bond motifs is 7. The first-order valence-corrected chi connectivity index (χ1v) is 16.2. The molecule has 3 aromatic heterocycles. The fourth-order valence-electron chi connectivity index (χ4n) is 7.31. The van der Waals surface area contributed by atoms with Crippen LogP contribution in [0.4, 0.5) is 0 Å². The Hall–Kier alpha value is -5.80. The lowest BCUT2D eigenvalue weighted by Gasteiger charge is -2.16. The van der Waals surface area contributed by atoms with E-state index in [0.717, 1.165) is 29.9 Å². The molecule has 0 atom stereocenters. The Labute approximate surface area is 267 Å². The number of unbranched alkanes of at least 4 members (excludes halogenated alkanes) is 1. The van der Waals surface area contributed by atoms with E-state index < -0.39 is 0 Å². The Bertz CT molecular complexity index is 2370. The second-order valence-corrected chi connectivity index (χ2v) is 12.1. The molecule has 46 heavy (non-hydrogen) atoms. The Balaban J connectivity index is 1.39. The Morgan fingerprint density at radius 2 is 0.848 bits per heavy atom. The van der Waals surface area contributed by atoms with E-state index in [0.29, 0.717) is 0 Å². The smallest absolute Gasteiger partial charge is 0.0541 e. The van der Waals surface area contributed by atoms with Crippen LogP contribution in [0.3, 0.4) is 0 Å². The van der Waals surface area contributed by atoms with Crippen molar-refractivity contribution in [2.75, 3.05) is 0 Å². The van der Waals surface area contributed by atoms with Crippen LogP contribution < -0.4 is 0 Å². The largest absolute Gasteiger partial charge is 0.316 e. The van der Waals surface area contributed by atoms with E-state index in [-0.39, 0.29) is 0 Å². The first-order valence-electron chi connectivity index (χ1n) is 16.2. The summed E-state index contributed by atoms with van der Waals surface area (Å²) in [7, 11) is 0. The molecular formula is C43H33N3. The van der Waals surface area contributed by atoms with Crippen LogP contribution in [0, 0.1) is 0 Å². The first-order chi connectivity index (χ1) is 22.8. The van der Waals surface area contributed by atoms with E-state index in [1.54, 1.807) is 0 Å². The van der Waals surface area contributed by atoms with Gasteiger partial charge >= 0.3 is 0 Å². The SMILES string of the molecule is CCC/C=C\c1cn(-c2cc(-n3c4ccccc4c4ccccc43)cc(-n3c4ccccc4c4ccccc43)c2)c2ccccc12. The van der Waals surface area contributed by atoms with Gasteiger partial charge in [-0.15, -0.1) is 0 Å². The summed E-state index contributed by atoms with van der Waals surface area (Å²) in [5.74, 6) is 0. The molecule has 0 spiro atoms. The molecule has 0 unspecified atom stereocenters. The zero-order valence-corrected chi connectivity index (χ0v) is 25.8. The molecule has 0 bridgehead atoms. The second-order valence-electron chi connectivity index (χ2n) is 12.1. The van der Waals surface area contributed by atoms with Crippen molar-refractivity contribution in [2.45, 2.75) is 19.8 Å². The zero-order chi connectivity index (χ0) is 30.6. The van der Waals surface area contributed by atoms with E-state index in [9.17, 15) is 0 Å². The van der Waals surface area contributed by atoms with Crippen molar-refractivity contribution in [1.29, 1.82) is 0 Å². The topological polar surface area (TPSA) is 14.8 Å². The standard InChI is InChI=1S/C43H33N3/c1-2-3-4-15-30-29-44(39-21-10-5-16-34(30)39)31-26-32(45-40-22-11-6-17-35(40)36-18-7-12-23-41(36)45)28-33(27-31)46-42-24-13-8-19-37(42)38-20-9-14-25-43(38)46/h4-29H,2-3H2,1H3/b15-4-. The van der Waals surface area contributed by atoms with Gasteiger partial charge in [-0.1, -0.05) is 116 Å². The van der Waals surface area contributed by atoms with E-state index in [1.165, 1.54) is 60.1 Å². The highest BCUT2D eigenvalue weighted by Crippen LogP contribution is 2.37. The predicted octanol–water partition coefficient (Wildman–Crippen LogP) is 11.6. The van der Waals surface area contributed by atoms with Gasteiger partial charge in [-0.3, -0.25) is 0 Å². The molecule has 0 aliphatic carbocycles. The number of rotatable bonds is 6. The third-order valence-electron chi connectivity index (χ3n) is 9.34. The molecule has 6 aromatic carbocycles. The molecule has 3 heterocycles. The van der Waals surface area contributed by atoms with Crippen molar-refractivity contribution in [2.24, 2.45) is 0 Å². The minimum Gasteiger partial charge on any atom is -0.316 e. The molecule has 0 aliphatic heterocycles. The maximum Gasteiger partial charge on any atom is 0.0541 e. The molecule has 0 N–H and O–H groups in total. The van der Waals surface area contributed by atoms with Crippen LogP contribution in [0.2, 0.25) is 0 Å². The number of hydrogen-bond acceptors (Lipinski definition) is 0. The van der Waals surface area contributed by atoms with Gasteiger partial charge in [-0.05, 0) is 55.0 Å². The number of benzene rings is 6. The van der Waals surface area contributed by atoms with Gasteiger partial charge in [-0.25, -0.2) is 0 Å². The van der Waals surface area contributed by atoms with Crippen molar-refractivity contribution in [1.82, 2.24) is 13.7 Å². The molecule has 220 valence electrons. The van der Waals surface area contributed by atoms with Crippen molar-refractivity contribution >= 4 is 60.6 Å². The van der Waals surface area contributed by atoms with Gasteiger partial charge < -0.3 is 13.7 Å². The highest BCUT2D eigenvalue weighted by molar-refractivity contribution is 6.10. The van der Waals surface area contributed by atoms with Crippen LogP contribution >= 0.6 is 0 Å². The maximum absolute atomic E-state index is 2.43. The van der Waals surface area contributed by atoms with Crippen LogP contribution in [-0.4, -0.2) is 13.7 Å². The third-order valence-corrected chi connectivity index (χ3v) is 9.34. The molecule has 9 aromatic rings. The predicted molar refractivity (Wildman–Crippen MR) is 196 cm³/mol. The van der Waals surface area contributed by atoms with Crippen LogP contribution in [0.15, 0.2) is 152 Å². The lowest BCUT2D eigenvalue weighted by molar-refractivity contribution is 0.962. The van der Waals surface area contributed by atoms with E-state index in [4.69, 9.17) is 0 Å². The zero-order valence-electron chi connectivity index (χ0n) is 25.8. The molecule has 3 nitrogen and oxygen atoms in total. The van der Waals surface area contributed by atoms with Gasteiger partial charge in [0.1, 0.15) is 0 Å². The van der Waals surface area contributed by atoms with Crippen LogP contribution in [0.1, 0.15) is 25.3 Å². The molecule has 3 heteroatoms. The van der Waals surface area contributed by atoms with Crippen molar-refractivity contribution in [3.8, 4) is 17.1 Å². The summed E-state index contributed by atoms with van der Waals surface area (Å²) in [6.45, 7) is 2.23. The molecule has 0 radical (unpaired) electrons. The number of hydrogen-bond donors (Lipinski definition) is 0. The van der Waals surface area contributed by atoms with Crippen molar-refractivity contribution in [3.05, 3.63) is 157 Å². The minimum atomic E-state index is 1.07. The monoisotopic (exact) mass is 591 g/mol. The van der Waals surface area contributed by atoms with Gasteiger partial charge in [0.15, 0.2) is 0 Å². The highest BCUT2D eigenvalue weighted by atomic mass is 15.0. The number of allylic oxidation sites excluding steroid dienone is 1. The fraction of sp³-hybridized carbons (Fsp3) is 0.0698. The number of nitrogens with zero attached hydrogens (tertiary/aromatic N) is 3. The van der Waals surface area contributed by atoms with E-state index >= 15 is 0 Å². The first kappa shape index (κ1) is 26.6. The summed E-state index contributed by atoms with van der Waals surface area (Å²) in [6, 6.07) is 50.8. The number of para-hydroxylation sites is 5. The van der Waals surface area contributed by atoms with E-state index in [2.05, 4.69) is 179 Å². The fourth-order valence-corrected chi connectivity index (χ4v) is 7.31. The lowest BCUT2D eigenvalue weighted by atomic mass is 10.1. The average Bonchev–Trinajstić information content (AvgIpc) is 3.76. The Morgan fingerprint density at radius 3 is 1.30 bits per heavy atom. The summed E-state index contributed by atoms with van der Waals surface area (Å²) < 4.78 is 7.23. The van der Waals surface area contributed by atoms with Crippen LogP contribution in [0.25, 0.3) is 77.7 Å². The van der Waals surface area contributed by atoms with Gasteiger partial charge in [0, 0.05) is 44.4 Å². The van der Waals surface area contributed by atoms with Gasteiger partial charge in [-0.2, -0.15) is 0 Å². The lowest BCUT2D eigenvalue weighted by Crippen LogP contribution is -2.02. The second kappa shape index (κ2) is 10.7. The minimum absolute atomic E-state index is 1.07. The summed E-state index contributed by atoms with van der Waals surface area (Å²) in [4.78, 5) is 0. The van der Waals surface area contributed by atoms with Crippen molar-refractivity contribution < 1.29 is 0 Å². The quantitative estimate of drug-likeness (QED) is 0.183.